The Hall–Kier alpha value is -1.75. The standard InChI is InChI=1S/C19H18Cl3NO3/c1-11(2)18(12-3-5-13(20)6-4-12)19(25)26-10-17(24)23-16-8-14(21)7-15(22)9-16/h3-9,11,18H,10H2,1-2H3,(H,23,24)/t18-/m0/s1. The van der Waals surface area contributed by atoms with Gasteiger partial charge >= 0.3 is 5.97 Å². The summed E-state index contributed by atoms with van der Waals surface area (Å²) in [5, 5.41) is 3.97. The van der Waals surface area contributed by atoms with E-state index in [1.165, 1.54) is 0 Å². The van der Waals surface area contributed by atoms with Crippen molar-refractivity contribution in [2.45, 2.75) is 19.8 Å². The number of benzene rings is 2. The number of halogens is 3. The first-order valence-corrected chi connectivity index (χ1v) is 9.07. The molecule has 26 heavy (non-hydrogen) atoms. The summed E-state index contributed by atoms with van der Waals surface area (Å²) in [5.74, 6) is -1.43. The predicted octanol–water partition coefficient (Wildman–Crippen LogP) is 5.57. The molecule has 0 radical (unpaired) electrons. The maximum atomic E-state index is 12.5. The number of nitrogens with one attached hydrogen (secondary N) is 1. The number of carbonyl (C=O) groups excluding carboxylic acids is 2. The van der Waals surface area contributed by atoms with Gasteiger partial charge in [-0.25, -0.2) is 0 Å². The highest BCUT2D eigenvalue weighted by Gasteiger charge is 2.26. The minimum Gasteiger partial charge on any atom is -0.455 e. The Morgan fingerprint density at radius 1 is 0.962 bits per heavy atom. The van der Waals surface area contributed by atoms with Gasteiger partial charge in [0.05, 0.1) is 5.92 Å². The molecule has 138 valence electrons. The fraction of sp³-hybridized carbons (Fsp3) is 0.263. The Bertz CT molecular complexity index is 771. The molecule has 0 spiro atoms. The molecule has 0 aliphatic carbocycles. The second-order valence-corrected chi connectivity index (χ2v) is 7.40. The third-order valence-corrected chi connectivity index (χ3v) is 4.33. The van der Waals surface area contributed by atoms with Crippen molar-refractivity contribution < 1.29 is 14.3 Å². The van der Waals surface area contributed by atoms with Crippen molar-refractivity contribution in [1.82, 2.24) is 0 Å². The summed E-state index contributed by atoms with van der Waals surface area (Å²) in [6.45, 7) is 3.42. The molecule has 1 N–H and O–H groups in total. The monoisotopic (exact) mass is 413 g/mol. The minimum absolute atomic E-state index is 0.00141. The molecule has 1 atom stereocenters. The van der Waals surface area contributed by atoms with Crippen molar-refractivity contribution in [3.63, 3.8) is 0 Å². The molecule has 0 saturated heterocycles. The molecule has 7 heteroatoms. The lowest BCUT2D eigenvalue weighted by Crippen LogP contribution is -2.26. The zero-order valence-electron chi connectivity index (χ0n) is 14.3. The Morgan fingerprint density at radius 2 is 1.54 bits per heavy atom. The maximum Gasteiger partial charge on any atom is 0.314 e. The number of amides is 1. The van der Waals surface area contributed by atoms with Crippen molar-refractivity contribution in [2.75, 3.05) is 11.9 Å². The van der Waals surface area contributed by atoms with Crippen LogP contribution in [0.3, 0.4) is 0 Å². The third kappa shape index (κ3) is 5.90. The highest BCUT2D eigenvalue weighted by molar-refractivity contribution is 6.35. The molecule has 0 unspecified atom stereocenters. The van der Waals surface area contributed by atoms with E-state index in [4.69, 9.17) is 39.5 Å². The van der Waals surface area contributed by atoms with Gasteiger partial charge in [-0.15, -0.1) is 0 Å². The molecule has 2 aromatic carbocycles. The number of ether oxygens (including phenoxy) is 1. The number of anilines is 1. The normalized spacial score (nSPS) is 11.9. The molecular formula is C19H18Cl3NO3. The van der Waals surface area contributed by atoms with Crippen molar-refractivity contribution >= 4 is 52.4 Å². The van der Waals surface area contributed by atoms with Crippen LogP contribution in [0.2, 0.25) is 15.1 Å². The number of hydrogen-bond donors (Lipinski definition) is 1. The highest BCUT2D eigenvalue weighted by atomic mass is 35.5. The molecule has 2 rings (SSSR count). The van der Waals surface area contributed by atoms with Gasteiger partial charge in [-0.3, -0.25) is 9.59 Å². The van der Waals surface area contributed by atoms with Crippen LogP contribution in [0.25, 0.3) is 0 Å². The smallest absolute Gasteiger partial charge is 0.314 e. The summed E-state index contributed by atoms with van der Waals surface area (Å²) in [5.41, 5.74) is 1.22. The zero-order valence-corrected chi connectivity index (χ0v) is 16.5. The SMILES string of the molecule is CC(C)[C@H](C(=O)OCC(=O)Nc1cc(Cl)cc(Cl)c1)c1ccc(Cl)cc1. The quantitative estimate of drug-likeness (QED) is 0.629. The van der Waals surface area contributed by atoms with Crippen LogP contribution >= 0.6 is 34.8 Å². The number of esters is 1. The average Bonchev–Trinajstić information content (AvgIpc) is 2.53. The van der Waals surface area contributed by atoms with Gasteiger partial charge in [0.25, 0.3) is 5.91 Å². The fourth-order valence-electron chi connectivity index (χ4n) is 2.51. The van der Waals surface area contributed by atoms with Crippen molar-refractivity contribution in [2.24, 2.45) is 5.92 Å². The van der Waals surface area contributed by atoms with Crippen LogP contribution in [-0.2, 0) is 14.3 Å². The molecule has 0 fully saturated rings. The van der Waals surface area contributed by atoms with Crippen molar-refractivity contribution in [3.8, 4) is 0 Å². The molecule has 2 aromatic rings. The van der Waals surface area contributed by atoms with E-state index in [0.29, 0.717) is 20.8 Å². The molecule has 0 aliphatic heterocycles. The van der Waals surface area contributed by atoms with Crippen LogP contribution in [0.1, 0.15) is 25.3 Å². The molecule has 0 aromatic heterocycles. The Balaban J connectivity index is 1.98. The molecule has 4 nitrogen and oxygen atoms in total. The molecule has 0 bridgehead atoms. The van der Waals surface area contributed by atoms with Crippen molar-refractivity contribution in [3.05, 3.63) is 63.1 Å². The van der Waals surface area contributed by atoms with Crippen molar-refractivity contribution in [1.29, 1.82) is 0 Å². The second kappa shape index (κ2) is 9.26. The first-order chi connectivity index (χ1) is 12.3. The van der Waals surface area contributed by atoms with E-state index in [-0.39, 0.29) is 5.92 Å². The number of hydrogen-bond acceptors (Lipinski definition) is 3. The first-order valence-electron chi connectivity index (χ1n) is 7.94. The third-order valence-electron chi connectivity index (χ3n) is 3.64. The minimum atomic E-state index is -0.485. The Labute approximate surface area is 167 Å². The van der Waals surface area contributed by atoms with Gasteiger partial charge in [0.1, 0.15) is 0 Å². The van der Waals surface area contributed by atoms with Gasteiger partial charge in [-0.1, -0.05) is 60.8 Å². The molecular weight excluding hydrogens is 397 g/mol. The topological polar surface area (TPSA) is 55.4 Å². The van der Waals surface area contributed by atoms with Gasteiger partial charge in [0.15, 0.2) is 6.61 Å². The summed E-state index contributed by atoms with van der Waals surface area (Å²) in [7, 11) is 0. The van der Waals surface area contributed by atoms with E-state index in [1.807, 2.05) is 13.8 Å². The van der Waals surface area contributed by atoms with E-state index in [9.17, 15) is 9.59 Å². The van der Waals surface area contributed by atoms with Gasteiger partial charge in [-0.05, 0) is 41.8 Å². The zero-order chi connectivity index (χ0) is 19.3. The van der Waals surface area contributed by atoms with Gasteiger partial charge < -0.3 is 10.1 Å². The van der Waals surface area contributed by atoms with E-state index in [1.54, 1.807) is 42.5 Å². The van der Waals surface area contributed by atoms with Gasteiger partial charge in [0.2, 0.25) is 0 Å². The van der Waals surface area contributed by atoms with Crippen LogP contribution in [0.5, 0.6) is 0 Å². The first kappa shape index (κ1) is 20.6. The van der Waals surface area contributed by atoms with E-state index in [2.05, 4.69) is 5.32 Å². The van der Waals surface area contributed by atoms with Crippen LogP contribution in [0, 0.1) is 5.92 Å². The van der Waals surface area contributed by atoms with Crippen LogP contribution in [0.15, 0.2) is 42.5 Å². The lowest BCUT2D eigenvalue weighted by atomic mass is 9.88. The largest absolute Gasteiger partial charge is 0.455 e. The molecule has 0 heterocycles. The van der Waals surface area contributed by atoms with E-state index >= 15 is 0 Å². The lowest BCUT2D eigenvalue weighted by Gasteiger charge is -2.20. The predicted molar refractivity (Wildman–Crippen MR) is 105 cm³/mol. The maximum absolute atomic E-state index is 12.5. The molecule has 0 aliphatic rings. The van der Waals surface area contributed by atoms with Gasteiger partial charge in [-0.2, -0.15) is 0 Å². The van der Waals surface area contributed by atoms with Crippen LogP contribution in [-0.4, -0.2) is 18.5 Å². The summed E-state index contributed by atoms with van der Waals surface area (Å²) >= 11 is 17.7. The van der Waals surface area contributed by atoms with Crippen LogP contribution < -0.4 is 5.32 Å². The lowest BCUT2D eigenvalue weighted by molar-refractivity contribution is -0.149. The highest BCUT2D eigenvalue weighted by Crippen LogP contribution is 2.27. The molecule has 1 amide bonds. The summed E-state index contributed by atoms with van der Waals surface area (Å²) in [4.78, 5) is 24.5. The van der Waals surface area contributed by atoms with Gasteiger partial charge in [0, 0.05) is 20.8 Å². The number of carbonyl (C=O) groups is 2. The molecule has 0 saturated carbocycles. The fourth-order valence-corrected chi connectivity index (χ4v) is 3.16. The second-order valence-electron chi connectivity index (χ2n) is 6.09. The summed E-state index contributed by atoms with van der Waals surface area (Å²) in [6.07, 6.45) is 0. The Kier molecular flexibility index (Phi) is 7.33. The van der Waals surface area contributed by atoms with E-state index in [0.717, 1.165) is 5.56 Å². The summed E-state index contributed by atoms with van der Waals surface area (Å²) in [6, 6.07) is 11.7. The summed E-state index contributed by atoms with van der Waals surface area (Å²) < 4.78 is 5.19. The average molecular weight is 415 g/mol. The number of rotatable bonds is 6. The van der Waals surface area contributed by atoms with E-state index < -0.39 is 24.4 Å². The van der Waals surface area contributed by atoms with Crippen LogP contribution in [0.4, 0.5) is 5.69 Å². The Morgan fingerprint density at radius 3 is 2.08 bits per heavy atom.